The van der Waals surface area contributed by atoms with Crippen LogP contribution in [0.2, 0.25) is 5.02 Å². The van der Waals surface area contributed by atoms with Crippen molar-refractivity contribution in [3.63, 3.8) is 0 Å². The van der Waals surface area contributed by atoms with Crippen LogP contribution in [0, 0.1) is 0 Å². The van der Waals surface area contributed by atoms with Gasteiger partial charge in [-0.3, -0.25) is 0 Å². The van der Waals surface area contributed by atoms with Crippen molar-refractivity contribution in [1.29, 1.82) is 0 Å². The summed E-state index contributed by atoms with van der Waals surface area (Å²) in [6, 6.07) is 8.82. The molecule has 2 heterocycles. The van der Waals surface area contributed by atoms with E-state index in [1.165, 1.54) is 24.3 Å². The third-order valence-corrected chi connectivity index (χ3v) is 3.57. The molecule has 6 nitrogen and oxygen atoms in total. The molecule has 0 fully saturated rings. The summed E-state index contributed by atoms with van der Waals surface area (Å²) in [5, 5.41) is 4.53. The van der Waals surface area contributed by atoms with Crippen LogP contribution >= 0.6 is 11.6 Å². The van der Waals surface area contributed by atoms with Crippen LogP contribution in [-0.2, 0) is 6.54 Å². The van der Waals surface area contributed by atoms with Crippen molar-refractivity contribution in [2.45, 2.75) is 13.2 Å². The van der Waals surface area contributed by atoms with Gasteiger partial charge in [0, 0.05) is 16.8 Å². The van der Waals surface area contributed by atoms with Crippen molar-refractivity contribution in [1.82, 2.24) is 19.7 Å². The lowest BCUT2D eigenvalue weighted by Crippen LogP contribution is -2.08. The fourth-order valence-corrected chi connectivity index (χ4v) is 2.51. The van der Waals surface area contributed by atoms with Gasteiger partial charge in [0.05, 0.1) is 13.7 Å². The van der Waals surface area contributed by atoms with Crippen LogP contribution in [0.15, 0.2) is 42.9 Å². The molecule has 3 aromatic rings. The number of pyridine rings is 1. The number of aromatic nitrogens is 4. The van der Waals surface area contributed by atoms with Crippen LogP contribution in [0.3, 0.4) is 0 Å². The van der Waals surface area contributed by atoms with E-state index in [0.717, 1.165) is 0 Å². The molecular weight excluding hydrogens is 354 g/mol. The molecule has 0 spiro atoms. The largest absolute Gasteiger partial charge is 0.467 e. The van der Waals surface area contributed by atoms with E-state index in [1.54, 1.807) is 30.3 Å². The Morgan fingerprint density at radius 2 is 2.08 bits per heavy atom. The highest BCUT2D eigenvalue weighted by atomic mass is 35.5. The number of hydrogen-bond donors (Lipinski definition) is 0. The fraction of sp³-hybridized carbons (Fsp3) is 0.188. The topological polar surface area (TPSA) is 62.1 Å². The lowest BCUT2D eigenvalue weighted by atomic mass is 10.1. The molecule has 3 rings (SSSR count). The standard InChI is InChI=1S/C16H13ClF2N4O2/c1-24-16-21-9-22-23(16)8-10-5-13(11-3-2-4-12(17)6-11)14(20-7-10)25-15(18)19/h2-7,9,15H,8H2,1H3. The summed E-state index contributed by atoms with van der Waals surface area (Å²) >= 11 is 6.00. The molecule has 0 saturated carbocycles. The highest BCUT2D eigenvalue weighted by Gasteiger charge is 2.15. The summed E-state index contributed by atoms with van der Waals surface area (Å²) in [6.07, 6.45) is 2.80. The van der Waals surface area contributed by atoms with E-state index in [-0.39, 0.29) is 5.88 Å². The molecule has 0 aliphatic heterocycles. The van der Waals surface area contributed by atoms with Gasteiger partial charge in [0.2, 0.25) is 5.88 Å². The van der Waals surface area contributed by atoms with E-state index < -0.39 is 6.61 Å². The van der Waals surface area contributed by atoms with Crippen LogP contribution in [0.25, 0.3) is 11.1 Å². The van der Waals surface area contributed by atoms with Gasteiger partial charge in [-0.05, 0) is 29.3 Å². The van der Waals surface area contributed by atoms with Crippen LogP contribution in [0.1, 0.15) is 5.56 Å². The molecule has 130 valence electrons. The SMILES string of the molecule is COc1ncnn1Cc1cnc(OC(F)F)c(-c2cccc(Cl)c2)c1. The maximum atomic E-state index is 12.7. The molecule has 0 unspecified atom stereocenters. The molecule has 2 aromatic heterocycles. The predicted molar refractivity (Wildman–Crippen MR) is 87.0 cm³/mol. The Balaban J connectivity index is 2.00. The monoisotopic (exact) mass is 366 g/mol. The molecule has 0 aliphatic rings. The highest BCUT2D eigenvalue weighted by Crippen LogP contribution is 2.32. The Kier molecular flexibility index (Phi) is 5.08. The minimum absolute atomic E-state index is 0.174. The van der Waals surface area contributed by atoms with Gasteiger partial charge in [0.25, 0.3) is 0 Å². The number of hydrogen-bond acceptors (Lipinski definition) is 5. The number of ether oxygens (including phenoxy) is 2. The third-order valence-electron chi connectivity index (χ3n) is 3.34. The zero-order chi connectivity index (χ0) is 17.8. The number of alkyl halides is 2. The van der Waals surface area contributed by atoms with Gasteiger partial charge in [-0.25, -0.2) is 9.67 Å². The van der Waals surface area contributed by atoms with Crippen molar-refractivity contribution >= 4 is 11.6 Å². The van der Waals surface area contributed by atoms with Gasteiger partial charge in [-0.2, -0.15) is 18.9 Å². The molecule has 0 saturated heterocycles. The second kappa shape index (κ2) is 7.43. The molecule has 0 amide bonds. The van der Waals surface area contributed by atoms with Gasteiger partial charge in [0.1, 0.15) is 6.33 Å². The Bertz CT molecular complexity index is 873. The van der Waals surface area contributed by atoms with Gasteiger partial charge in [0.15, 0.2) is 0 Å². The first-order chi connectivity index (χ1) is 12.1. The summed E-state index contributed by atoms with van der Waals surface area (Å²) in [7, 11) is 1.48. The van der Waals surface area contributed by atoms with Gasteiger partial charge < -0.3 is 9.47 Å². The van der Waals surface area contributed by atoms with E-state index in [9.17, 15) is 8.78 Å². The summed E-state index contributed by atoms with van der Waals surface area (Å²) in [4.78, 5) is 7.96. The Morgan fingerprint density at radius 1 is 1.24 bits per heavy atom. The molecule has 0 radical (unpaired) electrons. The molecule has 0 atom stereocenters. The van der Waals surface area contributed by atoms with Crippen LogP contribution in [0.5, 0.6) is 11.9 Å². The first-order valence-electron chi connectivity index (χ1n) is 7.18. The maximum Gasteiger partial charge on any atom is 0.388 e. The summed E-state index contributed by atoms with van der Waals surface area (Å²) in [5.74, 6) is -0.174. The molecule has 1 aromatic carbocycles. The zero-order valence-electron chi connectivity index (χ0n) is 13.1. The molecule has 0 bridgehead atoms. The van der Waals surface area contributed by atoms with Crippen LogP contribution in [0.4, 0.5) is 8.78 Å². The first kappa shape index (κ1) is 17.1. The minimum atomic E-state index is -2.98. The maximum absolute atomic E-state index is 12.7. The summed E-state index contributed by atoms with van der Waals surface area (Å²) in [5.41, 5.74) is 1.72. The molecule has 0 aliphatic carbocycles. The molecule has 9 heteroatoms. The third kappa shape index (κ3) is 4.03. The number of rotatable bonds is 6. The van der Waals surface area contributed by atoms with E-state index >= 15 is 0 Å². The van der Waals surface area contributed by atoms with E-state index in [2.05, 4.69) is 19.8 Å². The Hall–Kier alpha value is -2.74. The summed E-state index contributed by atoms with van der Waals surface area (Å²) < 4.78 is 36.5. The minimum Gasteiger partial charge on any atom is -0.467 e. The van der Waals surface area contributed by atoms with Crippen LogP contribution in [-0.4, -0.2) is 33.5 Å². The average molecular weight is 367 g/mol. The van der Waals surface area contributed by atoms with Gasteiger partial charge >= 0.3 is 12.6 Å². The average Bonchev–Trinajstić information content (AvgIpc) is 3.03. The van der Waals surface area contributed by atoms with Crippen molar-refractivity contribution in [2.24, 2.45) is 0 Å². The number of nitrogens with zero attached hydrogens (tertiary/aromatic N) is 4. The predicted octanol–water partition coefficient (Wildman–Crippen LogP) is 3.65. The summed E-state index contributed by atoms with van der Waals surface area (Å²) in [6.45, 7) is -2.68. The first-order valence-corrected chi connectivity index (χ1v) is 7.56. The van der Waals surface area contributed by atoms with E-state index in [4.69, 9.17) is 16.3 Å². The lowest BCUT2D eigenvalue weighted by molar-refractivity contribution is -0.0524. The smallest absolute Gasteiger partial charge is 0.388 e. The number of methoxy groups -OCH3 is 1. The molecule has 0 N–H and O–H groups in total. The molecule has 25 heavy (non-hydrogen) atoms. The van der Waals surface area contributed by atoms with E-state index in [0.29, 0.717) is 34.3 Å². The van der Waals surface area contributed by atoms with Crippen molar-refractivity contribution in [3.8, 4) is 23.0 Å². The molecular formula is C16H13ClF2N4O2. The Morgan fingerprint density at radius 3 is 2.80 bits per heavy atom. The normalized spacial score (nSPS) is 10.9. The number of halogens is 3. The van der Waals surface area contributed by atoms with E-state index in [1.807, 2.05) is 0 Å². The second-order valence-electron chi connectivity index (χ2n) is 4.99. The highest BCUT2D eigenvalue weighted by molar-refractivity contribution is 6.30. The van der Waals surface area contributed by atoms with Crippen molar-refractivity contribution in [2.75, 3.05) is 7.11 Å². The van der Waals surface area contributed by atoms with Crippen molar-refractivity contribution in [3.05, 3.63) is 53.4 Å². The van der Waals surface area contributed by atoms with Gasteiger partial charge in [-0.1, -0.05) is 23.7 Å². The lowest BCUT2D eigenvalue weighted by Gasteiger charge is -2.12. The second-order valence-corrected chi connectivity index (χ2v) is 5.43. The quantitative estimate of drug-likeness (QED) is 0.666. The van der Waals surface area contributed by atoms with Crippen molar-refractivity contribution < 1.29 is 18.3 Å². The number of benzene rings is 1. The van der Waals surface area contributed by atoms with Crippen LogP contribution < -0.4 is 9.47 Å². The van der Waals surface area contributed by atoms with Gasteiger partial charge in [-0.15, -0.1) is 0 Å². The fourth-order valence-electron chi connectivity index (χ4n) is 2.32. The zero-order valence-corrected chi connectivity index (χ0v) is 13.8. The Labute approximate surface area is 147 Å².